The highest BCUT2D eigenvalue weighted by Crippen LogP contribution is 2.28. The second-order valence-corrected chi connectivity index (χ2v) is 3.20. The fraction of sp³-hybridized carbons (Fsp3) is 0. The van der Waals surface area contributed by atoms with Gasteiger partial charge in [0.25, 0.3) is 5.69 Å². The summed E-state index contributed by atoms with van der Waals surface area (Å²) in [5, 5.41) is 19.0. The largest absolute Gasteiger partial charge is 0.477 e. The maximum absolute atomic E-state index is 12.7. The molecule has 0 heterocycles. The van der Waals surface area contributed by atoms with Gasteiger partial charge < -0.3 is 5.11 Å². The second-order valence-electron chi connectivity index (χ2n) is 2.34. The standard InChI is InChI=1S/C7H3BrFNO4/c8-4-1-3(9)2-5(10(13)14)6(4)7(11)12/h1-2H,(H,11,12). The van der Waals surface area contributed by atoms with Gasteiger partial charge in [-0.2, -0.15) is 0 Å². The van der Waals surface area contributed by atoms with Crippen LogP contribution < -0.4 is 0 Å². The lowest BCUT2D eigenvalue weighted by atomic mass is 10.2. The molecule has 1 aromatic rings. The van der Waals surface area contributed by atoms with Crippen LogP contribution in [0.2, 0.25) is 0 Å². The lowest BCUT2D eigenvalue weighted by Crippen LogP contribution is -2.04. The summed E-state index contributed by atoms with van der Waals surface area (Å²) in [6, 6.07) is 1.42. The molecular formula is C7H3BrFNO4. The Hall–Kier alpha value is -1.50. The van der Waals surface area contributed by atoms with Crippen LogP contribution in [0.25, 0.3) is 0 Å². The monoisotopic (exact) mass is 263 g/mol. The van der Waals surface area contributed by atoms with Crippen LogP contribution in [-0.4, -0.2) is 16.0 Å². The van der Waals surface area contributed by atoms with E-state index in [2.05, 4.69) is 15.9 Å². The number of nitro benzene ring substituents is 1. The Balaban J connectivity index is 3.52. The van der Waals surface area contributed by atoms with E-state index in [0.29, 0.717) is 6.07 Å². The molecule has 0 radical (unpaired) electrons. The third kappa shape index (κ3) is 1.87. The Morgan fingerprint density at radius 3 is 2.57 bits per heavy atom. The first-order chi connectivity index (χ1) is 6.43. The first-order valence-corrected chi connectivity index (χ1v) is 4.09. The van der Waals surface area contributed by atoms with E-state index in [1.54, 1.807) is 0 Å². The maximum Gasteiger partial charge on any atom is 0.343 e. The van der Waals surface area contributed by atoms with Crippen LogP contribution in [0.1, 0.15) is 10.4 Å². The molecule has 0 aromatic heterocycles. The molecule has 1 aromatic carbocycles. The van der Waals surface area contributed by atoms with E-state index in [1.165, 1.54) is 0 Å². The van der Waals surface area contributed by atoms with Crippen molar-refractivity contribution in [2.45, 2.75) is 0 Å². The molecule has 0 fully saturated rings. The number of aromatic carboxylic acids is 1. The van der Waals surface area contributed by atoms with Crippen molar-refractivity contribution in [1.82, 2.24) is 0 Å². The van der Waals surface area contributed by atoms with Gasteiger partial charge in [-0.25, -0.2) is 9.18 Å². The molecule has 0 aliphatic rings. The van der Waals surface area contributed by atoms with E-state index in [4.69, 9.17) is 5.11 Å². The van der Waals surface area contributed by atoms with Crippen LogP contribution in [0.3, 0.4) is 0 Å². The third-order valence-corrected chi connectivity index (χ3v) is 2.07. The van der Waals surface area contributed by atoms with Gasteiger partial charge in [0.1, 0.15) is 5.82 Å². The number of benzene rings is 1. The van der Waals surface area contributed by atoms with Gasteiger partial charge in [0.15, 0.2) is 5.56 Å². The molecule has 0 spiro atoms. The van der Waals surface area contributed by atoms with Gasteiger partial charge >= 0.3 is 5.97 Å². The van der Waals surface area contributed by atoms with Crippen LogP contribution in [0.15, 0.2) is 16.6 Å². The van der Waals surface area contributed by atoms with Crippen molar-refractivity contribution in [2.75, 3.05) is 0 Å². The van der Waals surface area contributed by atoms with Crippen molar-refractivity contribution in [3.63, 3.8) is 0 Å². The number of hydrogen-bond acceptors (Lipinski definition) is 3. The zero-order valence-electron chi connectivity index (χ0n) is 6.53. The highest BCUT2D eigenvalue weighted by molar-refractivity contribution is 9.10. The van der Waals surface area contributed by atoms with Crippen molar-refractivity contribution < 1.29 is 19.2 Å². The average Bonchev–Trinajstić information content (AvgIpc) is 2.01. The highest BCUT2D eigenvalue weighted by atomic mass is 79.9. The molecule has 14 heavy (non-hydrogen) atoms. The summed E-state index contributed by atoms with van der Waals surface area (Å²) in [5.74, 6) is -2.35. The lowest BCUT2D eigenvalue weighted by molar-refractivity contribution is -0.385. The van der Waals surface area contributed by atoms with Gasteiger partial charge in [0.2, 0.25) is 0 Å². The Labute approximate surface area is 85.4 Å². The van der Waals surface area contributed by atoms with Crippen molar-refractivity contribution >= 4 is 27.6 Å². The summed E-state index contributed by atoms with van der Waals surface area (Å²) in [5.41, 5.74) is -1.33. The summed E-state index contributed by atoms with van der Waals surface area (Å²) < 4.78 is 12.5. The average molecular weight is 264 g/mol. The summed E-state index contributed by atoms with van der Waals surface area (Å²) in [4.78, 5) is 20.0. The minimum absolute atomic E-state index is 0.156. The molecule has 0 aliphatic heterocycles. The van der Waals surface area contributed by atoms with E-state index in [0.717, 1.165) is 6.07 Å². The topological polar surface area (TPSA) is 80.4 Å². The molecular weight excluding hydrogens is 261 g/mol. The van der Waals surface area contributed by atoms with E-state index in [1.807, 2.05) is 0 Å². The maximum atomic E-state index is 12.7. The van der Waals surface area contributed by atoms with Crippen molar-refractivity contribution in [3.05, 3.63) is 38.1 Å². The third-order valence-electron chi connectivity index (χ3n) is 1.44. The summed E-state index contributed by atoms with van der Waals surface area (Å²) in [6.07, 6.45) is 0. The molecule has 0 atom stereocenters. The Bertz CT molecular complexity index is 420. The van der Waals surface area contributed by atoms with E-state index in [-0.39, 0.29) is 4.47 Å². The number of carboxylic acids is 1. The van der Waals surface area contributed by atoms with Crippen LogP contribution in [-0.2, 0) is 0 Å². The summed E-state index contributed by atoms with van der Waals surface area (Å²) in [7, 11) is 0. The smallest absolute Gasteiger partial charge is 0.343 e. The molecule has 0 amide bonds. The first kappa shape index (κ1) is 10.6. The Kier molecular flexibility index (Phi) is 2.80. The van der Waals surface area contributed by atoms with E-state index >= 15 is 0 Å². The minimum Gasteiger partial charge on any atom is -0.477 e. The lowest BCUT2D eigenvalue weighted by Gasteiger charge is -2.00. The molecule has 0 saturated heterocycles. The van der Waals surface area contributed by atoms with Crippen molar-refractivity contribution in [3.8, 4) is 0 Å². The first-order valence-electron chi connectivity index (χ1n) is 3.30. The van der Waals surface area contributed by atoms with Crippen molar-refractivity contribution in [1.29, 1.82) is 0 Å². The van der Waals surface area contributed by atoms with Crippen molar-refractivity contribution in [2.24, 2.45) is 0 Å². The number of carbonyl (C=O) groups is 1. The fourth-order valence-electron chi connectivity index (χ4n) is 0.916. The molecule has 0 bridgehead atoms. The molecule has 0 unspecified atom stereocenters. The number of rotatable bonds is 2. The molecule has 1 rings (SSSR count). The Morgan fingerprint density at radius 2 is 2.14 bits per heavy atom. The number of halogens is 2. The molecule has 0 saturated carbocycles. The molecule has 74 valence electrons. The minimum atomic E-state index is -1.48. The van der Waals surface area contributed by atoms with Gasteiger partial charge in [0.05, 0.1) is 11.0 Å². The normalized spacial score (nSPS) is 9.86. The summed E-state index contributed by atoms with van der Waals surface area (Å²) in [6.45, 7) is 0. The van der Waals surface area contributed by atoms with E-state index in [9.17, 15) is 19.3 Å². The van der Waals surface area contributed by atoms with Gasteiger partial charge in [-0.3, -0.25) is 10.1 Å². The van der Waals surface area contributed by atoms with Gasteiger partial charge in [0, 0.05) is 4.47 Å². The highest BCUT2D eigenvalue weighted by Gasteiger charge is 2.24. The molecule has 1 N–H and O–H groups in total. The van der Waals surface area contributed by atoms with Crippen LogP contribution in [0.5, 0.6) is 0 Å². The van der Waals surface area contributed by atoms with Gasteiger partial charge in [-0.05, 0) is 22.0 Å². The number of nitrogens with zero attached hydrogens (tertiary/aromatic N) is 1. The zero-order chi connectivity index (χ0) is 10.9. The summed E-state index contributed by atoms with van der Waals surface area (Å²) >= 11 is 2.74. The van der Waals surface area contributed by atoms with Gasteiger partial charge in [-0.1, -0.05) is 0 Å². The van der Waals surface area contributed by atoms with E-state index < -0.39 is 28.0 Å². The predicted octanol–water partition coefficient (Wildman–Crippen LogP) is 2.19. The Morgan fingerprint density at radius 1 is 1.57 bits per heavy atom. The molecule has 5 nitrogen and oxygen atoms in total. The van der Waals surface area contributed by atoms with Crippen LogP contribution in [0, 0.1) is 15.9 Å². The van der Waals surface area contributed by atoms with Crippen LogP contribution in [0.4, 0.5) is 10.1 Å². The molecule has 0 aliphatic carbocycles. The SMILES string of the molecule is O=C(O)c1c(Br)cc(F)cc1[N+](=O)[O-]. The quantitative estimate of drug-likeness (QED) is 0.655. The number of carboxylic acid groups (broad SMARTS) is 1. The predicted molar refractivity (Wildman–Crippen MR) is 47.7 cm³/mol. The zero-order valence-corrected chi connectivity index (χ0v) is 8.12. The molecule has 7 heteroatoms. The number of nitro groups is 1. The second kappa shape index (κ2) is 3.70. The fourth-order valence-corrected chi connectivity index (χ4v) is 1.51. The number of hydrogen-bond donors (Lipinski definition) is 1. The van der Waals surface area contributed by atoms with Crippen LogP contribution >= 0.6 is 15.9 Å². The van der Waals surface area contributed by atoms with Gasteiger partial charge in [-0.15, -0.1) is 0 Å².